The van der Waals surface area contributed by atoms with E-state index in [0.29, 0.717) is 51.2 Å². The normalized spacial score (nSPS) is 51.9. The highest BCUT2D eigenvalue weighted by Gasteiger charge is 2.70. The molecule has 4 aliphatic rings. The molecule has 4 rings (SSSR count). The Morgan fingerprint density at radius 1 is 1.19 bits per heavy atom. The predicted octanol–water partition coefficient (Wildman–Crippen LogP) is 3.60. The van der Waals surface area contributed by atoms with Gasteiger partial charge in [0.25, 0.3) is 0 Å². The van der Waals surface area contributed by atoms with Crippen molar-refractivity contribution in [2.75, 3.05) is 0 Å². The molecule has 3 aliphatic carbocycles. The lowest BCUT2D eigenvalue weighted by molar-refractivity contribution is -0.231. The van der Waals surface area contributed by atoms with E-state index in [9.17, 15) is 24.8 Å². The summed E-state index contributed by atoms with van der Waals surface area (Å²) >= 11 is 0. The molecule has 0 aromatic carbocycles. The van der Waals surface area contributed by atoms with Crippen LogP contribution in [0.25, 0.3) is 0 Å². The molecule has 170 valence electrons. The smallest absolute Gasteiger partial charge is 0.306 e. The van der Waals surface area contributed by atoms with Crippen molar-refractivity contribution < 1.29 is 24.2 Å². The maximum atomic E-state index is 12.6. The summed E-state index contributed by atoms with van der Waals surface area (Å²) in [5, 5.41) is 21.9. The molecule has 1 heterocycles. The highest BCUT2D eigenvalue weighted by molar-refractivity contribution is 5.95. The number of aldehydes is 1. The van der Waals surface area contributed by atoms with Crippen molar-refractivity contribution in [2.24, 2.45) is 39.9 Å². The molecular formula is C25H35NO5. The van der Waals surface area contributed by atoms with Crippen LogP contribution in [0.15, 0.2) is 0 Å². The SMILES string of the molecule is CC[C@]1([C@@]2(C)C[C@@H](O)C3C(CC[C@]4(C#N)[C@H](C=O)C(=O)CC[C@]34C)C2C)CCC(=O)O1. The fourth-order valence-corrected chi connectivity index (χ4v) is 8.56. The lowest BCUT2D eigenvalue weighted by Gasteiger charge is -2.66. The van der Waals surface area contributed by atoms with Gasteiger partial charge in [0.05, 0.1) is 23.5 Å². The fraction of sp³-hybridized carbons (Fsp3) is 0.840. The summed E-state index contributed by atoms with van der Waals surface area (Å²) in [6.45, 7) is 8.45. The maximum Gasteiger partial charge on any atom is 0.306 e. The number of hydrogen-bond acceptors (Lipinski definition) is 6. The minimum Gasteiger partial charge on any atom is -0.458 e. The molecule has 1 saturated heterocycles. The molecule has 6 heteroatoms. The molecule has 1 N–H and O–H groups in total. The van der Waals surface area contributed by atoms with Crippen LogP contribution in [0.2, 0.25) is 0 Å². The molecule has 3 unspecified atom stereocenters. The van der Waals surface area contributed by atoms with Gasteiger partial charge >= 0.3 is 5.97 Å². The van der Waals surface area contributed by atoms with Crippen LogP contribution in [-0.4, -0.2) is 34.9 Å². The zero-order chi connectivity index (χ0) is 22.8. The van der Waals surface area contributed by atoms with Crippen LogP contribution < -0.4 is 0 Å². The Kier molecular flexibility index (Phi) is 5.17. The minimum absolute atomic E-state index is 0.140. The summed E-state index contributed by atoms with van der Waals surface area (Å²) < 4.78 is 5.97. The van der Waals surface area contributed by atoms with Crippen LogP contribution in [0.3, 0.4) is 0 Å². The molecule has 0 aromatic heterocycles. The number of rotatable bonds is 3. The Balaban J connectivity index is 1.77. The Morgan fingerprint density at radius 2 is 1.90 bits per heavy atom. The number of aliphatic hydroxyl groups is 1. The molecule has 0 aromatic rings. The van der Waals surface area contributed by atoms with Crippen molar-refractivity contribution in [1.82, 2.24) is 0 Å². The molecule has 6 nitrogen and oxygen atoms in total. The molecule has 1 aliphatic heterocycles. The van der Waals surface area contributed by atoms with E-state index in [1.165, 1.54) is 0 Å². The highest BCUT2D eigenvalue weighted by Crippen LogP contribution is 2.70. The summed E-state index contributed by atoms with van der Waals surface area (Å²) in [6.07, 6.45) is 4.28. The van der Waals surface area contributed by atoms with Gasteiger partial charge in [-0.2, -0.15) is 5.26 Å². The second-order valence-corrected chi connectivity index (χ2v) is 11.1. The third kappa shape index (κ3) is 2.62. The van der Waals surface area contributed by atoms with Crippen molar-refractivity contribution in [3.63, 3.8) is 0 Å². The predicted molar refractivity (Wildman–Crippen MR) is 112 cm³/mol. The van der Waals surface area contributed by atoms with E-state index in [2.05, 4.69) is 26.8 Å². The number of carbonyl (C=O) groups excluding carboxylic acids is 3. The van der Waals surface area contributed by atoms with Gasteiger partial charge in [-0.25, -0.2) is 0 Å². The van der Waals surface area contributed by atoms with E-state index >= 15 is 0 Å². The van der Waals surface area contributed by atoms with E-state index in [1.54, 1.807) is 0 Å². The number of fused-ring (bicyclic) bond motifs is 3. The second-order valence-electron chi connectivity index (χ2n) is 11.1. The number of esters is 1. The molecule has 0 radical (unpaired) electrons. The van der Waals surface area contributed by atoms with Crippen LogP contribution in [-0.2, 0) is 19.1 Å². The van der Waals surface area contributed by atoms with Gasteiger partial charge in [0.2, 0.25) is 0 Å². The number of Topliss-reactive ketones (excluding diaryl/α,β-unsaturated/α-hetero) is 1. The van der Waals surface area contributed by atoms with E-state index in [-0.39, 0.29) is 41.3 Å². The van der Waals surface area contributed by atoms with Gasteiger partial charge in [-0.05, 0) is 61.7 Å². The molecule has 9 atom stereocenters. The Morgan fingerprint density at radius 3 is 2.45 bits per heavy atom. The Hall–Kier alpha value is -1.74. The summed E-state index contributed by atoms with van der Waals surface area (Å²) in [5.41, 5.74) is -2.60. The van der Waals surface area contributed by atoms with Gasteiger partial charge in [0, 0.05) is 18.3 Å². The first-order valence-electron chi connectivity index (χ1n) is 11.8. The average molecular weight is 430 g/mol. The molecule has 0 bridgehead atoms. The van der Waals surface area contributed by atoms with Crippen LogP contribution in [0, 0.1) is 51.2 Å². The van der Waals surface area contributed by atoms with Gasteiger partial charge in [0.1, 0.15) is 17.7 Å². The zero-order valence-corrected chi connectivity index (χ0v) is 19.1. The molecular weight excluding hydrogens is 394 g/mol. The number of ether oxygens (including phenoxy) is 1. The number of aliphatic hydroxyl groups excluding tert-OH is 1. The lowest BCUT2D eigenvalue weighted by Crippen LogP contribution is -2.67. The van der Waals surface area contributed by atoms with E-state index in [4.69, 9.17) is 4.74 Å². The summed E-state index contributed by atoms with van der Waals surface area (Å²) in [6, 6.07) is 2.43. The average Bonchev–Trinajstić information content (AvgIpc) is 3.14. The molecule has 0 amide bonds. The van der Waals surface area contributed by atoms with E-state index < -0.39 is 28.5 Å². The van der Waals surface area contributed by atoms with Crippen molar-refractivity contribution >= 4 is 18.0 Å². The highest BCUT2D eigenvalue weighted by atomic mass is 16.6. The third-order valence-electron chi connectivity index (χ3n) is 10.5. The quantitative estimate of drug-likeness (QED) is 0.418. The summed E-state index contributed by atoms with van der Waals surface area (Å²) in [7, 11) is 0. The molecule has 3 saturated carbocycles. The summed E-state index contributed by atoms with van der Waals surface area (Å²) in [4.78, 5) is 36.6. The lowest BCUT2D eigenvalue weighted by atomic mass is 9.37. The number of cyclic esters (lactones) is 1. The number of carbonyl (C=O) groups is 3. The Labute approximate surface area is 184 Å². The topological polar surface area (TPSA) is 104 Å². The number of ketones is 1. The van der Waals surface area contributed by atoms with Crippen LogP contribution in [0.4, 0.5) is 0 Å². The standard InChI is InChI=1S/C25H35NO5/c1-5-25(11-8-20(30)31-25)23(4)12-19(29)21-16(15(23)2)6-10-24(14-26)17(13-27)18(28)7-9-22(21,24)3/h13,15-17,19,21,29H,5-12H2,1-4H3/t15?,16?,17-,19-,21?,22-,23+,24+,25-/m1/s1. The fourth-order valence-electron chi connectivity index (χ4n) is 8.56. The Bertz CT molecular complexity index is 849. The van der Waals surface area contributed by atoms with Gasteiger partial charge in [-0.15, -0.1) is 0 Å². The first-order chi connectivity index (χ1) is 14.6. The maximum absolute atomic E-state index is 12.6. The number of hydrogen-bond donors (Lipinski definition) is 1. The molecule has 31 heavy (non-hydrogen) atoms. The van der Waals surface area contributed by atoms with E-state index in [0.717, 1.165) is 0 Å². The largest absolute Gasteiger partial charge is 0.458 e. The zero-order valence-electron chi connectivity index (χ0n) is 19.1. The summed E-state index contributed by atoms with van der Waals surface area (Å²) in [5.74, 6) is -1.06. The van der Waals surface area contributed by atoms with Crippen molar-refractivity contribution in [3.8, 4) is 6.07 Å². The van der Waals surface area contributed by atoms with Crippen molar-refractivity contribution in [3.05, 3.63) is 0 Å². The number of nitrogens with zero attached hydrogens (tertiary/aromatic N) is 1. The van der Waals surface area contributed by atoms with Crippen LogP contribution in [0.1, 0.15) is 79.1 Å². The first-order valence-corrected chi connectivity index (χ1v) is 11.8. The first kappa shape index (κ1) is 22.5. The van der Waals surface area contributed by atoms with Crippen molar-refractivity contribution in [2.45, 2.75) is 90.8 Å². The van der Waals surface area contributed by atoms with Crippen LogP contribution >= 0.6 is 0 Å². The second kappa shape index (κ2) is 7.13. The van der Waals surface area contributed by atoms with Gasteiger partial charge in [-0.1, -0.05) is 27.7 Å². The number of nitriles is 1. The van der Waals surface area contributed by atoms with Gasteiger partial charge in [-0.3, -0.25) is 9.59 Å². The van der Waals surface area contributed by atoms with Crippen molar-refractivity contribution in [1.29, 1.82) is 5.26 Å². The molecule has 4 fully saturated rings. The van der Waals surface area contributed by atoms with Crippen LogP contribution in [0.5, 0.6) is 0 Å². The van der Waals surface area contributed by atoms with Gasteiger partial charge < -0.3 is 14.6 Å². The van der Waals surface area contributed by atoms with E-state index in [1.807, 2.05) is 6.92 Å². The minimum atomic E-state index is -1.05. The van der Waals surface area contributed by atoms with Gasteiger partial charge in [0.15, 0.2) is 0 Å². The third-order valence-corrected chi connectivity index (χ3v) is 10.5. The monoisotopic (exact) mass is 429 g/mol. The molecule has 0 spiro atoms.